The van der Waals surface area contributed by atoms with E-state index in [2.05, 4.69) is 49.1 Å². The number of para-hydroxylation sites is 1. The highest BCUT2D eigenvalue weighted by Crippen LogP contribution is 2.50. The summed E-state index contributed by atoms with van der Waals surface area (Å²) >= 11 is 0. The molecule has 6 nitrogen and oxygen atoms in total. The highest BCUT2D eigenvalue weighted by molar-refractivity contribution is 6.06. The van der Waals surface area contributed by atoms with E-state index in [0.29, 0.717) is 18.8 Å². The van der Waals surface area contributed by atoms with Crippen LogP contribution in [0.4, 0.5) is 0 Å². The molecule has 41 heavy (non-hydrogen) atoms. The number of amides is 2. The van der Waals surface area contributed by atoms with Gasteiger partial charge in [-0.1, -0.05) is 72.7 Å². The van der Waals surface area contributed by atoms with Crippen LogP contribution in [0.3, 0.4) is 0 Å². The summed E-state index contributed by atoms with van der Waals surface area (Å²) in [5, 5.41) is 10.2. The van der Waals surface area contributed by atoms with Gasteiger partial charge in [0.25, 0.3) is 0 Å². The SMILES string of the molecule is CC/C(=C\c1ccccc1O)CC[C@H]1OC[C@H]2C1=C(C)C[C@H]1C(=O)N(C3CCN(Cc4ccccc4)CC3)C(=O)[C@H]12. The predicted octanol–water partition coefficient (Wildman–Crippen LogP) is 5.97. The van der Waals surface area contributed by atoms with E-state index in [1.165, 1.54) is 22.3 Å². The maximum atomic E-state index is 13.9. The van der Waals surface area contributed by atoms with Crippen molar-refractivity contribution in [2.45, 2.75) is 71.1 Å². The molecule has 0 saturated carbocycles. The molecule has 2 aromatic carbocycles. The largest absolute Gasteiger partial charge is 0.507 e. The average Bonchev–Trinajstić information content (AvgIpc) is 3.52. The summed E-state index contributed by atoms with van der Waals surface area (Å²) in [6.45, 7) is 7.51. The first-order valence-electron chi connectivity index (χ1n) is 15.4. The van der Waals surface area contributed by atoms with Gasteiger partial charge in [-0.05, 0) is 62.7 Å². The van der Waals surface area contributed by atoms with Gasteiger partial charge in [0, 0.05) is 37.2 Å². The number of fused-ring (bicyclic) bond motifs is 3. The Kier molecular flexibility index (Phi) is 8.14. The summed E-state index contributed by atoms with van der Waals surface area (Å²) in [6.07, 6.45) is 7.04. The normalized spacial score (nSPS) is 27.5. The average molecular weight is 555 g/mol. The van der Waals surface area contributed by atoms with Gasteiger partial charge in [0.05, 0.1) is 24.5 Å². The van der Waals surface area contributed by atoms with Crippen molar-refractivity contribution in [1.82, 2.24) is 9.80 Å². The Bertz CT molecular complexity index is 1340. The lowest BCUT2D eigenvalue weighted by molar-refractivity contribution is -0.144. The van der Waals surface area contributed by atoms with E-state index in [1.54, 1.807) is 11.0 Å². The minimum absolute atomic E-state index is 0.00106. The van der Waals surface area contributed by atoms with Crippen molar-refractivity contribution in [3.05, 3.63) is 82.4 Å². The van der Waals surface area contributed by atoms with Gasteiger partial charge < -0.3 is 9.84 Å². The highest BCUT2D eigenvalue weighted by atomic mass is 16.5. The molecule has 1 aliphatic carbocycles. The van der Waals surface area contributed by atoms with Crippen LogP contribution in [-0.4, -0.2) is 58.6 Å². The number of hydrogen-bond acceptors (Lipinski definition) is 5. The number of carbonyl (C=O) groups excluding carboxylic acids is 2. The molecule has 6 heteroatoms. The van der Waals surface area contributed by atoms with E-state index in [0.717, 1.165) is 57.3 Å². The molecule has 3 saturated heterocycles. The number of aromatic hydroxyl groups is 1. The molecule has 3 fully saturated rings. The fourth-order valence-corrected chi connectivity index (χ4v) is 7.69. The molecule has 216 valence electrons. The van der Waals surface area contributed by atoms with Crippen LogP contribution in [-0.2, 0) is 20.9 Å². The summed E-state index contributed by atoms with van der Waals surface area (Å²) < 4.78 is 6.36. The number of ether oxygens (including phenoxy) is 1. The Hall–Kier alpha value is -3.22. The van der Waals surface area contributed by atoms with Crippen molar-refractivity contribution < 1.29 is 19.4 Å². The molecule has 3 aliphatic heterocycles. The third-order valence-corrected chi connectivity index (χ3v) is 9.84. The molecule has 2 amide bonds. The molecule has 4 aliphatic rings. The van der Waals surface area contributed by atoms with Gasteiger partial charge >= 0.3 is 0 Å². The number of carbonyl (C=O) groups is 2. The fraction of sp³-hybridized carbons (Fsp3) is 0.486. The Morgan fingerprint density at radius 2 is 1.73 bits per heavy atom. The first-order valence-corrected chi connectivity index (χ1v) is 15.4. The monoisotopic (exact) mass is 554 g/mol. The number of rotatable bonds is 8. The second kappa shape index (κ2) is 11.9. The predicted molar refractivity (Wildman–Crippen MR) is 160 cm³/mol. The minimum atomic E-state index is -0.281. The second-order valence-corrected chi connectivity index (χ2v) is 12.3. The van der Waals surface area contributed by atoms with Crippen LogP contribution >= 0.6 is 0 Å². The molecule has 0 radical (unpaired) electrons. The zero-order chi connectivity index (χ0) is 28.5. The lowest BCUT2D eigenvalue weighted by atomic mass is 9.70. The van der Waals surface area contributed by atoms with E-state index in [9.17, 15) is 14.7 Å². The Morgan fingerprint density at radius 3 is 2.46 bits per heavy atom. The molecule has 0 spiro atoms. The van der Waals surface area contributed by atoms with Gasteiger partial charge in [-0.3, -0.25) is 19.4 Å². The van der Waals surface area contributed by atoms with Crippen LogP contribution in [0.25, 0.3) is 6.08 Å². The molecule has 4 atom stereocenters. The molecule has 3 heterocycles. The number of phenolic OH excluding ortho intramolecular Hbond substituents is 1. The van der Waals surface area contributed by atoms with Gasteiger partial charge in [-0.15, -0.1) is 0 Å². The third-order valence-electron chi connectivity index (χ3n) is 9.84. The van der Waals surface area contributed by atoms with Crippen LogP contribution < -0.4 is 0 Å². The summed E-state index contributed by atoms with van der Waals surface area (Å²) in [4.78, 5) is 31.7. The summed E-state index contributed by atoms with van der Waals surface area (Å²) in [7, 11) is 0. The van der Waals surface area contributed by atoms with Crippen molar-refractivity contribution in [3.63, 3.8) is 0 Å². The maximum absolute atomic E-state index is 13.9. The molecule has 0 unspecified atom stereocenters. The quantitative estimate of drug-likeness (QED) is 0.322. The van der Waals surface area contributed by atoms with Crippen molar-refractivity contribution in [2.24, 2.45) is 17.8 Å². The molecular formula is C35H42N2O4. The second-order valence-electron chi connectivity index (χ2n) is 12.3. The van der Waals surface area contributed by atoms with E-state index in [-0.39, 0.29) is 41.7 Å². The topological polar surface area (TPSA) is 70.1 Å². The maximum Gasteiger partial charge on any atom is 0.234 e. The van der Waals surface area contributed by atoms with E-state index < -0.39 is 0 Å². The molecule has 0 bridgehead atoms. The number of hydrogen-bond donors (Lipinski definition) is 1. The van der Waals surface area contributed by atoms with Crippen LogP contribution in [0, 0.1) is 17.8 Å². The van der Waals surface area contributed by atoms with Crippen molar-refractivity contribution in [1.29, 1.82) is 0 Å². The van der Waals surface area contributed by atoms with Gasteiger partial charge in [0.2, 0.25) is 11.8 Å². The van der Waals surface area contributed by atoms with Crippen molar-refractivity contribution in [3.8, 4) is 5.75 Å². The first-order chi connectivity index (χ1) is 19.9. The van der Waals surface area contributed by atoms with Crippen LogP contribution in [0.5, 0.6) is 5.75 Å². The molecule has 1 N–H and O–H groups in total. The summed E-state index contributed by atoms with van der Waals surface area (Å²) in [6, 6.07) is 17.9. The third kappa shape index (κ3) is 5.52. The number of nitrogens with zero attached hydrogens (tertiary/aromatic N) is 2. The van der Waals surface area contributed by atoms with Gasteiger partial charge in [-0.2, -0.15) is 0 Å². The lowest BCUT2D eigenvalue weighted by Crippen LogP contribution is -2.47. The standard InChI is InChI=1S/C35H42N2O4/c1-3-24(20-26-11-7-8-12-30(26)38)13-14-31-32-23(2)19-28-33(29(32)22-41-31)35(40)37(34(28)39)27-15-17-36(18-16-27)21-25-9-5-4-6-10-25/h4-12,20,27-29,31,33,38H,3,13-19,21-22H2,1-2H3/b24-20+/t28-,29+,31-,33-/m1/s1. The lowest BCUT2D eigenvalue weighted by Gasteiger charge is -2.36. The zero-order valence-corrected chi connectivity index (χ0v) is 24.3. The fourth-order valence-electron chi connectivity index (χ4n) is 7.69. The number of likely N-dealkylation sites (tertiary alicyclic amines) is 2. The van der Waals surface area contributed by atoms with Crippen LogP contribution in [0.15, 0.2) is 71.3 Å². The van der Waals surface area contributed by atoms with Crippen LogP contribution in [0.2, 0.25) is 0 Å². The van der Waals surface area contributed by atoms with E-state index in [1.807, 2.05) is 24.3 Å². The number of allylic oxidation sites excluding steroid dienone is 2. The molecule has 6 rings (SSSR count). The minimum Gasteiger partial charge on any atom is -0.507 e. The van der Waals surface area contributed by atoms with Crippen molar-refractivity contribution in [2.75, 3.05) is 19.7 Å². The molecule has 0 aromatic heterocycles. The van der Waals surface area contributed by atoms with Gasteiger partial charge in [-0.25, -0.2) is 0 Å². The Balaban J connectivity index is 1.10. The van der Waals surface area contributed by atoms with Crippen LogP contribution in [0.1, 0.15) is 63.5 Å². The molecular weight excluding hydrogens is 512 g/mol. The smallest absolute Gasteiger partial charge is 0.234 e. The Morgan fingerprint density at radius 1 is 1.00 bits per heavy atom. The first kappa shape index (κ1) is 27.9. The summed E-state index contributed by atoms with van der Waals surface area (Å²) in [5.74, 6) is -0.144. The molecule has 2 aromatic rings. The van der Waals surface area contributed by atoms with Crippen molar-refractivity contribution >= 4 is 17.9 Å². The number of phenols is 1. The highest BCUT2D eigenvalue weighted by Gasteiger charge is 2.57. The van der Waals surface area contributed by atoms with Gasteiger partial charge in [0.15, 0.2) is 0 Å². The number of imide groups is 1. The zero-order valence-electron chi connectivity index (χ0n) is 24.3. The summed E-state index contributed by atoms with van der Waals surface area (Å²) in [5.41, 5.74) is 5.91. The van der Waals surface area contributed by atoms with E-state index in [4.69, 9.17) is 4.74 Å². The Labute approximate surface area is 243 Å². The number of piperidine rings is 1. The number of benzene rings is 2. The van der Waals surface area contributed by atoms with E-state index >= 15 is 0 Å². The van der Waals surface area contributed by atoms with Gasteiger partial charge in [0.1, 0.15) is 5.75 Å².